The largest absolute Gasteiger partial charge is 0.467 e. The molecule has 1 aliphatic heterocycles. The number of carbonyl (C=O) groups excluding carboxylic acids is 2. The van der Waals surface area contributed by atoms with Crippen LogP contribution in [-0.4, -0.2) is 47.1 Å². The maximum absolute atomic E-state index is 11.9. The molecule has 96 valence electrons. The molecule has 17 heavy (non-hydrogen) atoms. The van der Waals surface area contributed by atoms with Crippen LogP contribution >= 0.6 is 12.2 Å². The third-order valence-electron chi connectivity index (χ3n) is 2.25. The minimum Gasteiger partial charge on any atom is -0.467 e. The highest BCUT2D eigenvalue weighted by molar-refractivity contribution is 7.80. The van der Waals surface area contributed by atoms with Gasteiger partial charge in [0.1, 0.15) is 11.6 Å². The molecule has 0 aliphatic carbocycles. The molecule has 0 unspecified atom stereocenters. The van der Waals surface area contributed by atoms with E-state index in [0.29, 0.717) is 11.3 Å². The SMILES string of the molecule is COC(=O)[C@@H]1CC(=S)CN1C(=O)OC(C)(C)C. The van der Waals surface area contributed by atoms with Crippen LogP contribution in [0.25, 0.3) is 0 Å². The third kappa shape index (κ3) is 3.66. The molecule has 0 aromatic heterocycles. The Balaban J connectivity index is 2.77. The van der Waals surface area contributed by atoms with Crippen LogP contribution in [-0.2, 0) is 14.3 Å². The van der Waals surface area contributed by atoms with Crippen molar-refractivity contribution >= 4 is 29.1 Å². The first kappa shape index (κ1) is 13.9. The zero-order valence-electron chi connectivity index (χ0n) is 10.5. The predicted molar refractivity (Wildman–Crippen MR) is 66.0 cm³/mol. The standard InChI is InChI=1S/C11H17NO4S/c1-11(2,3)16-10(14)12-6-7(17)5-8(12)9(13)15-4/h8H,5-6H2,1-4H3/t8-/m0/s1. The summed E-state index contributed by atoms with van der Waals surface area (Å²) in [6.07, 6.45) is -0.172. The van der Waals surface area contributed by atoms with Crippen LogP contribution in [0.1, 0.15) is 27.2 Å². The van der Waals surface area contributed by atoms with Gasteiger partial charge in [-0.25, -0.2) is 9.59 Å². The van der Waals surface area contributed by atoms with Crippen molar-refractivity contribution in [3.05, 3.63) is 0 Å². The molecule has 0 saturated carbocycles. The monoisotopic (exact) mass is 259 g/mol. The maximum Gasteiger partial charge on any atom is 0.411 e. The molecule has 1 heterocycles. The molecular formula is C11H17NO4S. The summed E-state index contributed by atoms with van der Waals surface area (Å²) in [5, 5.41) is 0. The molecule has 0 spiro atoms. The second-order valence-corrected chi connectivity index (χ2v) is 5.47. The van der Waals surface area contributed by atoms with Gasteiger partial charge in [-0.1, -0.05) is 12.2 Å². The van der Waals surface area contributed by atoms with Gasteiger partial charge in [0.25, 0.3) is 0 Å². The average Bonchev–Trinajstić information content (AvgIpc) is 2.56. The number of methoxy groups -OCH3 is 1. The van der Waals surface area contributed by atoms with Crippen molar-refractivity contribution in [1.82, 2.24) is 4.90 Å². The number of carbonyl (C=O) groups is 2. The van der Waals surface area contributed by atoms with Crippen LogP contribution in [0.2, 0.25) is 0 Å². The molecule has 1 saturated heterocycles. The van der Waals surface area contributed by atoms with Gasteiger partial charge in [0, 0.05) is 11.3 Å². The lowest BCUT2D eigenvalue weighted by atomic mass is 10.2. The molecule has 1 fully saturated rings. The van der Waals surface area contributed by atoms with E-state index in [9.17, 15) is 9.59 Å². The van der Waals surface area contributed by atoms with Crippen LogP contribution in [0.5, 0.6) is 0 Å². The van der Waals surface area contributed by atoms with Gasteiger partial charge >= 0.3 is 12.1 Å². The minimum absolute atomic E-state index is 0.268. The highest BCUT2D eigenvalue weighted by Crippen LogP contribution is 2.20. The first-order valence-electron chi connectivity index (χ1n) is 5.34. The van der Waals surface area contributed by atoms with E-state index in [1.165, 1.54) is 12.0 Å². The second-order valence-electron chi connectivity index (χ2n) is 4.89. The summed E-state index contributed by atoms with van der Waals surface area (Å²) in [6.45, 7) is 5.58. The molecule has 1 aliphatic rings. The molecule has 1 rings (SSSR count). The van der Waals surface area contributed by atoms with Crippen molar-refractivity contribution in [1.29, 1.82) is 0 Å². The van der Waals surface area contributed by atoms with Gasteiger partial charge in [-0.3, -0.25) is 4.90 Å². The number of likely N-dealkylation sites (tertiary alicyclic amines) is 1. The molecule has 0 N–H and O–H groups in total. The Labute approximate surface area is 106 Å². The molecule has 0 aromatic carbocycles. The summed E-state index contributed by atoms with van der Waals surface area (Å²) in [7, 11) is 1.29. The Hall–Kier alpha value is -1.17. The lowest BCUT2D eigenvalue weighted by Crippen LogP contribution is -2.43. The second kappa shape index (κ2) is 5.00. The molecule has 5 nitrogen and oxygen atoms in total. The Morgan fingerprint density at radius 2 is 2.00 bits per heavy atom. The van der Waals surface area contributed by atoms with E-state index in [-0.39, 0.29) is 6.54 Å². The van der Waals surface area contributed by atoms with Crippen LogP contribution in [0, 0.1) is 0 Å². The van der Waals surface area contributed by atoms with Crippen molar-refractivity contribution in [2.45, 2.75) is 38.8 Å². The fraction of sp³-hybridized carbons (Fsp3) is 0.727. The van der Waals surface area contributed by atoms with Gasteiger partial charge < -0.3 is 9.47 Å². The smallest absolute Gasteiger partial charge is 0.411 e. The number of hydrogen-bond acceptors (Lipinski definition) is 5. The molecule has 1 amide bonds. The summed E-state index contributed by atoms with van der Waals surface area (Å²) in [4.78, 5) is 25.4. The molecular weight excluding hydrogens is 242 g/mol. The van der Waals surface area contributed by atoms with Gasteiger partial charge in [-0.15, -0.1) is 0 Å². The predicted octanol–water partition coefficient (Wildman–Crippen LogP) is 1.54. The van der Waals surface area contributed by atoms with Gasteiger partial charge in [0.2, 0.25) is 0 Å². The molecule has 0 radical (unpaired) electrons. The van der Waals surface area contributed by atoms with Crippen LogP contribution in [0.3, 0.4) is 0 Å². The molecule has 0 aromatic rings. The Bertz CT molecular complexity index is 348. The summed E-state index contributed by atoms with van der Waals surface area (Å²) in [5.74, 6) is -0.462. The van der Waals surface area contributed by atoms with E-state index < -0.39 is 23.7 Å². The average molecular weight is 259 g/mol. The summed E-state index contributed by atoms with van der Waals surface area (Å²) in [5.41, 5.74) is -0.595. The lowest BCUT2D eigenvalue weighted by Gasteiger charge is -2.26. The lowest BCUT2D eigenvalue weighted by molar-refractivity contribution is -0.145. The summed E-state index contributed by atoms with van der Waals surface area (Å²) in [6, 6.07) is -0.651. The van der Waals surface area contributed by atoms with E-state index in [2.05, 4.69) is 4.74 Å². The van der Waals surface area contributed by atoms with Crippen molar-refractivity contribution < 1.29 is 19.1 Å². The zero-order chi connectivity index (χ0) is 13.2. The Kier molecular flexibility index (Phi) is 4.08. The summed E-state index contributed by atoms with van der Waals surface area (Å²) >= 11 is 5.04. The Morgan fingerprint density at radius 1 is 1.41 bits per heavy atom. The highest BCUT2D eigenvalue weighted by atomic mass is 32.1. The van der Waals surface area contributed by atoms with E-state index in [1.807, 2.05) is 0 Å². The first-order chi connectivity index (χ1) is 7.74. The third-order valence-corrected chi connectivity index (χ3v) is 2.54. The minimum atomic E-state index is -0.651. The first-order valence-corrected chi connectivity index (χ1v) is 5.74. The topological polar surface area (TPSA) is 55.8 Å². The molecule has 0 bridgehead atoms. The van der Waals surface area contributed by atoms with Crippen molar-refractivity contribution in [3.8, 4) is 0 Å². The van der Waals surface area contributed by atoms with Crippen molar-refractivity contribution in [2.75, 3.05) is 13.7 Å². The van der Waals surface area contributed by atoms with Crippen molar-refractivity contribution in [3.63, 3.8) is 0 Å². The molecule has 1 atom stereocenters. The fourth-order valence-electron chi connectivity index (χ4n) is 1.55. The van der Waals surface area contributed by atoms with Crippen molar-refractivity contribution in [2.24, 2.45) is 0 Å². The van der Waals surface area contributed by atoms with Gasteiger partial charge in [-0.05, 0) is 20.8 Å². The van der Waals surface area contributed by atoms with E-state index in [4.69, 9.17) is 17.0 Å². The quantitative estimate of drug-likeness (QED) is 0.528. The highest BCUT2D eigenvalue weighted by Gasteiger charge is 2.39. The summed E-state index contributed by atoms with van der Waals surface area (Å²) < 4.78 is 9.86. The van der Waals surface area contributed by atoms with Gasteiger partial charge in [0.15, 0.2) is 0 Å². The van der Waals surface area contributed by atoms with Crippen LogP contribution < -0.4 is 0 Å². The van der Waals surface area contributed by atoms with E-state index in [0.717, 1.165) is 0 Å². The van der Waals surface area contributed by atoms with Crippen LogP contribution in [0.4, 0.5) is 4.79 Å². The van der Waals surface area contributed by atoms with Gasteiger partial charge in [0.05, 0.1) is 13.7 Å². The fourth-order valence-corrected chi connectivity index (χ4v) is 1.85. The number of rotatable bonds is 1. The number of amides is 1. The number of esters is 1. The molecule has 6 heteroatoms. The number of nitrogens with zero attached hydrogens (tertiary/aromatic N) is 1. The number of ether oxygens (including phenoxy) is 2. The normalized spacial score (nSPS) is 20.4. The van der Waals surface area contributed by atoms with Crippen LogP contribution in [0.15, 0.2) is 0 Å². The zero-order valence-corrected chi connectivity index (χ0v) is 11.3. The Morgan fingerprint density at radius 3 is 2.47 bits per heavy atom. The van der Waals surface area contributed by atoms with Gasteiger partial charge in [-0.2, -0.15) is 0 Å². The number of hydrogen-bond donors (Lipinski definition) is 0. The maximum atomic E-state index is 11.9. The number of thiocarbonyl (C=S) groups is 1. The van der Waals surface area contributed by atoms with E-state index in [1.54, 1.807) is 20.8 Å². The van der Waals surface area contributed by atoms with E-state index >= 15 is 0 Å².